The summed E-state index contributed by atoms with van der Waals surface area (Å²) in [6.07, 6.45) is 4.78. The van der Waals surface area contributed by atoms with E-state index in [0.29, 0.717) is 0 Å². The third kappa shape index (κ3) is 2.07. The molecule has 2 aromatic rings. The van der Waals surface area contributed by atoms with Gasteiger partial charge in [0.2, 0.25) is 0 Å². The summed E-state index contributed by atoms with van der Waals surface area (Å²) in [7, 11) is 0. The van der Waals surface area contributed by atoms with Crippen molar-refractivity contribution in [1.29, 1.82) is 0 Å². The van der Waals surface area contributed by atoms with E-state index < -0.39 is 5.60 Å². The molecule has 3 rings (SSSR count). The number of hydrogen-bond acceptors (Lipinski definition) is 2. The molecule has 90 valence electrons. The Morgan fingerprint density at radius 3 is 2.76 bits per heavy atom. The zero-order valence-corrected chi connectivity index (χ0v) is 10.3. The summed E-state index contributed by atoms with van der Waals surface area (Å²) >= 11 is 0. The van der Waals surface area contributed by atoms with E-state index in [1.807, 2.05) is 12.1 Å². The van der Waals surface area contributed by atoms with Gasteiger partial charge in [0.1, 0.15) is 11.2 Å². The lowest BCUT2D eigenvalue weighted by atomic mass is 10.0. The molecule has 0 bridgehead atoms. The van der Waals surface area contributed by atoms with Gasteiger partial charge in [-0.05, 0) is 50.8 Å². The molecule has 0 spiro atoms. The largest absolute Gasteiger partial charge is 0.384 e. The molecule has 3 heteroatoms. The highest BCUT2D eigenvalue weighted by molar-refractivity contribution is 5.76. The minimum atomic E-state index is -0.872. The molecule has 0 unspecified atom stereocenters. The van der Waals surface area contributed by atoms with Gasteiger partial charge in [0.05, 0.1) is 5.69 Å². The molecule has 2 aromatic heterocycles. The van der Waals surface area contributed by atoms with Crippen LogP contribution in [0.1, 0.15) is 32.4 Å². The van der Waals surface area contributed by atoms with Crippen LogP contribution < -0.4 is 0 Å². The second kappa shape index (κ2) is 3.57. The van der Waals surface area contributed by atoms with E-state index >= 15 is 0 Å². The average molecular weight is 230 g/mol. The molecule has 0 amide bonds. The predicted octanol–water partition coefficient (Wildman–Crippen LogP) is 2.67. The topological polar surface area (TPSA) is 38.0 Å². The predicted molar refractivity (Wildman–Crippen MR) is 67.7 cm³/mol. The van der Waals surface area contributed by atoms with E-state index in [2.05, 4.69) is 21.8 Å². The van der Waals surface area contributed by atoms with Gasteiger partial charge in [0.15, 0.2) is 0 Å². The van der Waals surface area contributed by atoms with E-state index in [4.69, 9.17) is 0 Å². The molecule has 0 saturated heterocycles. The normalized spacial score (nSPS) is 16.6. The summed E-state index contributed by atoms with van der Waals surface area (Å²) in [6.45, 7) is 4.61. The third-order valence-electron chi connectivity index (χ3n) is 3.39. The van der Waals surface area contributed by atoms with Crippen LogP contribution in [0.25, 0.3) is 11.0 Å². The number of pyridine rings is 1. The Bertz CT molecular complexity index is 547. The Morgan fingerprint density at radius 1 is 1.35 bits per heavy atom. The van der Waals surface area contributed by atoms with Gasteiger partial charge >= 0.3 is 0 Å². The Hall–Kier alpha value is -1.35. The van der Waals surface area contributed by atoms with Crippen LogP contribution in [-0.2, 0) is 12.1 Å². The number of fused-ring (bicyclic) bond motifs is 1. The molecule has 1 aliphatic carbocycles. The van der Waals surface area contributed by atoms with Crippen LogP contribution in [0.4, 0.5) is 0 Å². The van der Waals surface area contributed by atoms with Crippen molar-refractivity contribution in [1.82, 2.24) is 9.55 Å². The van der Waals surface area contributed by atoms with Gasteiger partial charge in [-0.1, -0.05) is 0 Å². The van der Waals surface area contributed by atoms with Crippen LogP contribution in [-0.4, -0.2) is 14.7 Å². The van der Waals surface area contributed by atoms with E-state index in [-0.39, 0.29) is 0 Å². The first-order chi connectivity index (χ1) is 8.04. The van der Waals surface area contributed by atoms with Crippen LogP contribution in [0, 0.1) is 5.92 Å². The fourth-order valence-electron chi connectivity index (χ4n) is 2.13. The lowest BCUT2D eigenvalue weighted by Crippen LogP contribution is -2.17. The van der Waals surface area contributed by atoms with Crippen molar-refractivity contribution in [3.05, 3.63) is 30.1 Å². The molecular weight excluding hydrogens is 212 g/mol. The molecule has 1 saturated carbocycles. The first kappa shape index (κ1) is 10.8. The summed E-state index contributed by atoms with van der Waals surface area (Å²) < 4.78 is 2.21. The summed E-state index contributed by atoms with van der Waals surface area (Å²) in [5.41, 5.74) is 0.861. The number of rotatable bonds is 3. The van der Waals surface area contributed by atoms with Crippen molar-refractivity contribution < 1.29 is 5.11 Å². The fourth-order valence-corrected chi connectivity index (χ4v) is 2.13. The van der Waals surface area contributed by atoms with Crippen molar-refractivity contribution in [2.75, 3.05) is 0 Å². The maximum absolute atomic E-state index is 10.00. The van der Waals surface area contributed by atoms with Gasteiger partial charge in [-0.15, -0.1) is 0 Å². The summed E-state index contributed by atoms with van der Waals surface area (Å²) in [5.74, 6) is 0.832. The lowest BCUT2D eigenvalue weighted by Gasteiger charge is -2.16. The van der Waals surface area contributed by atoms with Gasteiger partial charge in [-0.25, -0.2) is 4.98 Å². The van der Waals surface area contributed by atoms with Crippen LogP contribution in [0.2, 0.25) is 0 Å². The highest BCUT2D eigenvalue weighted by Gasteiger charge is 2.23. The summed E-state index contributed by atoms with van der Waals surface area (Å²) in [5, 5.41) is 11.2. The number of nitrogens with zero attached hydrogens (tertiary/aromatic N) is 2. The summed E-state index contributed by atoms with van der Waals surface area (Å²) in [6, 6.07) is 6.04. The SMILES string of the molecule is CC(C)(O)c1ccc2ccn(CC3CC3)c2n1. The van der Waals surface area contributed by atoms with E-state index in [1.54, 1.807) is 13.8 Å². The Morgan fingerprint density at radius 2 is 2.12 bits per heavy atom. The highest BCUT2D eigenvalue weighted by atomic mass is 16.3. The number of hydrogen-bond donors (Lipinski definition) is 1. The zero-order chi connectivity index (χ0) is 12.0. The van der Waals surface area contributed by atoms with Crippen molar-refractivity contribution in [2.24, 2.45) is 5.92 Å². The molecule has 17 heavy (non-hydrogen) atoms. The molecule has 0 aliphatic heterocycles. The molecule has 3 nitrogen and oxygen atoms in total. The quantitative estimate of drug-likeness (QED) is 0.880. The fraction of sp³-hybridized carbons (Fsp3) is 0.500. The third-order valence-corrected chi connectivity index (χ3v) is 3.39. The van der Waals surface area contributed by atoms with Gasteiger partial charge in [-0.3, -0.25) is 0 Å². The lowest BCUT2D eigenvalue weighted by molar-refractivity contribution is 0.0741. The molecule has 0 radical (unpaired) electrons. The first-order valence-electron chi connectivity index (χ1n) is 6.23. The Balaban J connectivity index is 2.05. The maximum Gasteiger partial charge on any atom is 0.140 e. The van der Waals surface area contributed by atoms with Gasteiger partial charge in [-0.2, -0.15) is 0 Å². The van der Waals surface area contributed by atoms with Gasteiger partial charge < -0.3 is 9.67 Å². The molecule has 1 aliphatic rings. The molecule has 0 aromatic carbocycles. The van der Waals surface area contributed by atoms with Crippen molar-refractivity contribution >= 4 is 11.0 Å². The van der Waals surface area contributed by atoms with Crippen molar-refractivity contribution in [3.63, 3.8) is 0 Å². The molecule has 1 fully saturated rings. The molecule has 2 heterocycles. The average Bonchev–Trinajstić information content (AvgIpc) is 2.98. The monoisotopic (exact) mass is 230 g/mol. The highest BCUT2D eigenvalue weighted by Crippen LogP contribution is 2.32. The number of aromatic nitrogens is 2. The standard InChI is InChI=1S/C14H18N2O/c1-14(2,17)12-6-5-11-7-8-16(13(11)15-12)9-10-3-4-10/h5-8,10,17H,3-4,9H2,1-2H3. The molecule has 1 N–H and O–H groups in total. The number of aliphatic hydroxyl groups is 1. The smallest absolute Gasteiger partial charge is 0.140 e. The minimum Gasteiger partial charge on any atom is -0.384 e. The van der Waals surface area contributed by atoms with Crippen LogP contribution in [0.3, 0.4) is 0 Å². The van der Waals surface area contributed by atoms with Crippen molar-refractivity contribution in [2.45, 2.75) is 38.8 Å². The zero-order valence-electron chi connectivity index (χ0n) is 10.3. The first-order valence-corrected chi connectivity index (χ1v) is 6.23. The minimum absolute atomic E-state index is 0.737. The van der Waals surface area contributed by atoms with Gasteiger partial charge in [0, 0.05) is 18.1 Å². The molecule has 0 atom stereocenters. The van der Waals surface area contributed by atoms with Gasteiger partial charge in [0.25, 0.3) is 0 Å². The van der Waals surface area contributed by atoms with Crippen LogP contribution in [0.5, 0.6) is 0 Å². The van der Waals surface area contributed by atoms with Crippen molar-refractivity contribution in [3.8, 4) is 0 Å². The maximum atomic E-state index is 10.00. The van der Waals surface area contributed by atoms with E-state index in [9.17, 15) is 5.11 Å². The Kier molecular flexibility index (Phi) is 2.26. The van der Waals surface area contributed by atoms with Crippen LogP contribution >= 0.6 is 0 Å². The Labute approximate surface area is 101 Å². The molecular formula is C14H18N2O. The van der Waals surface area contributed by atoms with E-state index in [1.165, 1.54) is 12.8 Å². The second-order valence-corrected chi connectivity index (χ2v) is 5.58. The van der Waals surface area contributed by atoms with E-state index in [0.717, 1.165) is 29.2 Å². The van der Waals surface area contributed by atoms with Crippen LogP contribution in [0.15, 0.2) is 24.4 Å². The summed E-state index contributed by atoms with van der Waals surface area (Å²) in [4.78, 5) is 4.60. The second-order valence-electron chi connectivity index (χ2n) is 5.58.